The Morgan fingerprint density at radius 2 is 2.00 bits per heavy atom. The number of likely N-dealkylation sites (tertiary alicyclic amines) is 1. The molecule has 0 saturated carbocycles. The molecule has 1 aliphatic heterocycles. The number of primary sulfonamides is 1. The Hall–Kier alpha value is -2.24. The van der Waals surface area contributed by atoms with E-state index in [0.29, 0.717) is 5.56 Å². The molecule has 11 heteroatoms. The SMILES string of the molecule is NS(=O)(=O)[C@@H]1C[C@H](O)CN(C(=O)OCc2ccc([N+](=O)[O-])cc2)C1. The zero-order valence-electron chi connectivity index (χ0n) is 12.6. The fraction of sp³-hybridized carbons (Fsp3) is 0.462. The minimum Gasteiger partial charge on any atom is -0.445 e. The first kappa shape index (κ1) is 18.1. The summed E-state index contributed by atoms with van der Waals surface area (Å²) < 4.78 is 27.8. The standard InChI is InChI=1S/C13H17N3O7S/c14-24(21,22)12-5-11(17)6-15(7-12)13(18)23-8-9-1-3-10(4-2-9)16(19)20/h1-4,11-12,17H,5-8H2,(H2,14,21,22)/t11-,12+/m0/s1. The van der Waals surface area contributed by atoms with E-state index in [1.165, 1.54) is 24.3 Å². The van der Waals surface area contributed by atoms with Crippen LogP contribution in [0, 0.1) is 10.1 Å². The third-order valence-corrected chi connectivity index (χ3v) is 4.89. The number of non-ortho nitro benzene ring substituents is 1. The van der Waals surface area contributed by atoms with Crippen LogP contribution in [0.15, 0.2) is 24.3 Å². The Labute approximate surface area is 138 Å². The lowest BCUT2D eigenvalue weighted by molar-refractivity contribution is -0.384. The minimum atomic E-state index is -3.88. The number of ether oxygens (including phenoxy) is 1. The zero-order chi connectivity index (χ0) is 17.9. The summed E-state index contributed by atoms with van der Waals surface area (Å²) >= 11 is 0. The van der Waals surface area contributed by atoms with E-state index in [2.05, 4.69) is 0 Å². The second-order valence-corrected chi connectivity index (χ2v) is 7.33. The largest absolute Gasteiger partial charge is 0.445 e. The maximum Gasteiger partial charge on any atom is 0.410 e. The number of rotatable bonds is 4. The number of benzene rings is 1. The summed E-state index contributed by atoms with van der Waals surface area (Å²) in [6, 6.07) is 5.46. The van der Waals surface area contributed by atoms with Gasteiger partial charge in [0.25, 0.3) is 5.69 Å². The average molecular weight is 359 g/mol. The molecule has 0 unspecified atom stereocenters. The first-order chi connectivity index (χ1) is 11.2. The first-order valence-electron chi connectivity index (χ1n) is 7.01. The number of nitro benzene ring substituents is 1. The van der Waals surface area contributed by atoms with Crippen LogP contribution >= 0.6 is 0 Å². The average Bonchev–Trinajstić information content (AvgIpc) is 2.51. The number of sulfonamides is 1. The zero-order valence-corrected chi connectivity index (χ0v) is 13.4. The van der Waals surface area contributed by atoms with Gasteiger partial charge < -0.3 is 14.7 Å². The lowest BCUT2D eigenvalue weighted by atomic mass is 10.1. The predicted octanol–water partition coefficient (Wildman–Crippen LogP) is -0.0449. The summed E-state index contributed by atoms with van der Waals surface area (Å²) in [4.78, 5) is 23.1. The van der Waals surface area contributed by atoms with Crippen molar-refractivity contribution in [2.75, 3.05) is 13.1 Å². The van der Waals surface area contributed by atoms with Gasteiger partial charge in [0.15, 0.2) is 0 Å². The smallest absolute Gasteiger partial charge is 0.410 e. The maximum absolute atomic E-state index is 12.0. The summed E-state index contributed by atoms with van der Waals surface area (Å²) in [7, 11) is -3.88. The van der Waals surface area contributed by atoms with Gasteiger partial charge >= 0.3 is 6.09 Å². The molecule has 0 spiro atoms. The van der Waals surface area contributed by atoms with E-state index in [0.717, 1.165) is 4.90 Å². The molecule has 24 heavy (non-hydrogen) atoms. The van der Waals surface area contributed by atoms with Gasteiger partial charge in [-0.25, -0.2) is 18.4 Å². The van der Waals surface area contributed by atoms with Crippen molar-refractivity contribution in [2.24, 2.45) is 5.14 Å². The molecule has 1 fully saturated rings. The molecule has 1 aromatic carbocycles. The van der Waals surface area contributed by atoms with Crippen LogP contribution < -0.4 is 5.14 Å². The van der Waals surface area contributed by atoms with Crippen LogP contribution in [0.2, 0.25) is 0 Å². The van der Waals surface area contributed by atoms with Gasteiger partial charge in [0.1, 0.15) is 6.61 Å². The van der Waals surface area contributed by atoms with Crippen LogP contribution in [-0.4, -0.2) is 53.9 Å². The Morgan fingerprint density at radius 1 is 1.38 bits per heavy atom. The maximum atomic E-state index is 12.0. The molecule has 0 aliphatic carbocycles. The van der Waals surface area contributed by atoms with Crippen LogP contribution in [0.1, 0.15) is 12.0 Å². The Morgan fingerprint density at radius 3 is 2.54 bits per heavy atom. The number of aliphatic hydroxyl groups is 1. The number of piperidine rings is 1. The molecule has 132 valence electrons. The van der Waals surface area contributed by atoms with Gasteiger partial charge in [-0.2, -0.15) is 0 Å². The fourth-order valence-electron chi connectivity index (χ4n) is 2.36. The normalized spacial score (nSPS) is 21.3. The summed E-state index contributed by atoms with van der Waals surface area (Å²) in [5.74, 6) is 0. The van der Waals surface area contributed by atoms with Crippen LogP contribution in [0.3, 0.4) is 0 Å². The van der Waals surface area contributed by atoms with E-state index in [-0.39, 0.29) is 31.8 Å². The van der Waals surface area contributed by atoms with Crippen molar-refractivity contribution in [3.63, 3.8) is 0 Å². The van der Waals surface area contributed by atoms with Crippen molar-refractivity contribution < 1.29 is 28.0 Å². The van der Waals surface area contributed by atoms with Crippen molar-refractivity contribution in [3.05, 3.63) is 39.9 Å². The molecule has 1 saturated heterocycles. The molecule has 0 aromatic heterocycles. The van der Waals surface area contributed by atoms with Crippen molar-refractivity contribution in [1.82, 2.24) is 4.90 Å². The molecule has 1 aromatic rings. The highest BCUT2D eigenvalue weighted by atomic mass is 32.2. The van der Waals surface area contributed by atoms with E-state index >= 15 is 0 Å². The molecule has 2 atom stereocenters. The van der Waals surface area contributed by atoms with Gasteiger partial charge in [-0.15, -0.1) is 0 Å². The quantitative estimate of drug-likeness (QED) is 0.564. The number of aliphatic hydroxyl groups excluding tert-OH is 1. The van der Waals surface area contributed by atoms with E-state index in [1.54, 1.807) is 0 Å². The number of nitro groups is 1. The van der Waals surface area contributed by atoms with E-state index in [1.807, 2.05) is 0 Å². The summed E-state index contributed by atoms with van der Waals surface area (Å²) in [5.41, 5.74) is 0.453. The van der Waals surface area contributed by atoms with Crippen LogP contribution in [0.4, 0.5) is 10.5 Å². The molecule has 1 heterocycles. The molecule has 1 amide bonds. The first-order valence-corrected chi connectivity index (χ1v) is 8.62. The highest BCUT2D eigenvalue weighted by Gasteiger charge is 2.35. The highest BCUT2D eigenvalue weighted by Crippen LogP contribution is 2.18. The van der Waals surface area contributed by atoms with Crippen molar-refractivity contribution >= 4 is 21.8 Å². The Balaban J connectivity index is 1.95. The number of nitrogens with two attached hydrogens (primary N) is 1. The van der Waals surface area contributed by atoms with Crippen molar-refractivity contribution in [3.8, 4) is 0 Å². The number of hydrogen-bond acceptors (Lipinski definition) is 7. The third kappa shape index (κ3) is 4.63. The number of carbonyl (C=O) groups excluding carboxylic acids is 1. The molecule has 0 bridgehead atoms. The van der Waals surface area contributed by atoms with Crippen molar-refractivity contribution in [2.45, 2.75) is 24.4 Å². The highest BCUT2D eigenvalue weighted by molar-refractivity contribution is 7.89. The fourth-order valence-corrected chi connectivity index (χ4v) is 3.24. The number of hydrogen-bond donors (Lipinski definition) is 2. The monoisotopic (exact) mass is 359 g/mol. The summed E-state index contributed by atoms with van der Waals surface area (Å²) in [5, 5.41) is 24.3. The summed E-state index contributed by atoms with van der Waals surface area (Å²) in [6.45, 7) is -0.344. The van der Waals surface area contributed by atoms with Gasteiger partial charge in [-0.3, -0.25) is 10.1 Å². The lowest BCUT2D eigenvalue weighted by Crippen LogP contribution is -2.52. The number of nitrogens with zero attached hydrogens (tertiary/aromatic N) is 2. The molecular formula is C13H17N3O7S. The molecular weight excluding hydrogens is 342 g/mol. The van der Waals surface area contributed by atoms with E-state index < -0.39 is 32.4 Å². The second-order valence-electron chi connectivity index (χ2n) is 5.48. The third-order valence-electron chi connectivity index (χ3n) is 3.62. The molecule has 10 nitrogen and oxygen atoms in total. The molecule has 1 aliphatic rings. The number of amides is 1. The summed E-state index contributed by atoms with van der Waals surface area (Å²) in [6.07, 6.45) is -1.83. The number of carbonyl (C=O) groups is 1. The van der Waals surface area contributed by atoms with Gasteiger partial charge in [0, 0.05) is 18.7 Å². The topological polar surface area (TPSA) is 153 Å². The van der Waals surface area contributed by atoms with Crippen LogP contribution in [0.25, 0.3) is 0 Å². The van der Waals surface area contributed by atoms with Crippen molar-refractivity contribution in [1.29, 1.82) is 0 Å². The molecule has 3 N–H and O–H groups in total. The van der Waals surface area contributed by atoms with Crippen LogP contribution in [-0.2, 0) is 21.4 Å². The van der Waals surface area contributed by atoms with E-state index in [4.69, 9.17) is 9.88 Å². The van der Waals surface area contributed by atoms with Gasteiger partial charge in [0.05, 0.1) is 22.8 Å². The predicted molar refractivity (Wildman–Crippen MR) is 82.4 cm³/mol. The van der Waals surface area contributed by atoms with Gasteiger partial charge in [-0.1, -0.05) is 0 Å². The molecule has 0 radical (unpaired) electrons. The van der Waals surface area contributed by atoms with E-state index in [9.17, 15) is 28.4 Å². The van der Waals surface area contributed by atoms with Gasteiger partial charge in [0.2, 0.25) is 10.0 Å². The minimum absolute atomic E-state index is 0.0367. The lowest BCUT2D eigenvalue weighted by Gasteiger charge is -2.33. The Bertz CT molecular complexity index is 720. The van der Waals surface area contributed by atoms with Gasteiger partial charge in [-0.05, 0) is 24.1 Å². The molecule has 2 rings (SSSR count). The number of β-amino-alcohol motifs (C(OH)–C–C–N with tert-alkyl or cyclic N) is 1. The Kier molecular flexibility index (Phi) is 5.36. The second kappa shape index (κ2) is 7.11. The van der Waals surface area contributed by atoms with Crippen LogP contribution in [0.5, 0.6) is 0 Å².